The van der Waals surface area contributed by atoms with Crippen LogP contribution in [-0.4, -0.2) is 18.9 Å². The van der Waals surface area contributed by atoms with E-state index in [1.807, 2.05) is 12.1 Å². The number of aliphatic imine (C=N–C) groups is 1. The SMILES string of the molecule is CN=C(NCc1ccc(C(N)=O)cc1)NCc1ccc(C)cc1C.I. The van der Waals surface area contributed by atoms with Crippen molar-refractivity contribution in [2.24, 2.45) is 10.7 Å². The smallest absolute Gasteiger partial charge is 0.248 e. The molecule has 0 aliphatic rings. The van der Waals surface area contributed by atoms with Gasteiger partial charge in [0.15, 0.2) is 5.96 Å². The van der Waals surface area contributed by atoms with Crippen LogP contribution in [0.4, 0.5) is 0 Å². The fourth-order valence-corrected chi connectivity index (χ4v) is 2.42. The maximum absolute atomic E-state index is 11.1. The molecule has 0 fully saturated rings. The Labute approximate surface area is 166 Å². The number of guanidine groups is 1. The Morgan fingerprint density at radius 2 is 1.68 bits per heavy atom. The largest absolute Gasteiger partial charge is 0.366 e. The average molecular weight is 452 g/mol. The lowest BCUT2D eigenvalue weighted by Crippen LogP contribution is -2.36. The van der Waals surface area contributed by atoms with E-state index >= 15 is 0 Å². The molecule has 134 valence electrons. The van der Waals surface area contributed by atoms with Crippen LogP contribution >= 0.6 is 24.0 Å². The highest BCUT2D eigenvalue weighted by atomic mass is 127. The van der Waals surface area contributed by atoms with Gasteiger partial charge in [-0.15, -0.1) is 24.0 Å². The quantitative estimate of drug-likeness (QED) is 0.371. The molecular weight excluding hydrogens is 427 g/mol. The van der Waals surface area contributed by atoms with Crippen LogP contribution < -0.4 is 16.4 Å². The van der Waals surface area contributed by atoms with Gasteiger partial charge >= 0.3 is 0 Å². The summed E-state index contributed by atoms with van der Waals surface area (Å²) < 4.78 is 0. The number of hydrogen-bond acceptors (Lipinski definition) is 2. The molecule has 0 saturated carbocycles. The zero-order chi connectivity index (χ0) is 17.5. The molecule has 5 nitrogen and oxygen atoms in total. The van der Waals surface area contributed by atoms with E-state index in [2.05, 4.69) is 47.7 Å². The second-order valence-electron chi connectivity index (χ2n) is 5.77. The lowest BCUT2D eigenvalue weighted by Gasteiger charge is -2.13. The van der Waals surface area contributed by atoms with Gasteiger partial charge in [-0.05, 0) is 42.7 Å². The zero-order valence-corrected chi connectivity index (χ0v) is 17.1. The third kappa shape index (κ3) is 6.38. The molecule has 2 rings (SSSR count). The summed E-state index contributed by atoms with van der Waals surface area (Å²) in [5, 5.41) is 6.57. The van der Waals surface area contributed by atoms with E-state index in [-0.39, 0.29) is 24.0 Å². The van der Waals surface area contributed by atoms with Crippen molar-refractivity contribution in [3.8, 4) is 0 Å². The van der Waals surface area contributed by atoms with Crippen molar-refractivity contribution in [1.82, 2.24) is 10.6 Å². The van der Waals surface area contributed by atoms with Crippen LogP contribution in [0.1, 0.15) is 32.6 Å². The van der Waals surface area contributed by atoms with Crippen molar-refractivity contribution >= 4 is 35.8 Å². The first-order chi connectivity index (χ1) is 11.5. The third-order valence-electron chi connectivity index (χ3n) is 3.87. The van der Waals surface area contributed by atoms with Crippen molar-refractivity contribution in [2.75, 3.05) is 7.05 Å². The Morgan fingerprint density at radius 3 is 2.24 bits per heavy atom. The summed E-state index contributed by atoms with van der Waals surface area (Å²) in [5.74, 6) is 0.314. The number of halogens is 1. The summed E-state index contributed by atoms with van der Waals surface area (Å²) in [6, 6.07) is 13.6. The van der Waals surface area contributed by atoms with Crippen molar-refractivity contribution in [3.05, 3.63) is 70.3 Å². The number of primary amides is 1. The minimum atomic E-state index is -0.416. The second-order valence-corrected chi connectivity index (χ2v) is 5.77. The van der Waals surface area contributed by atoms with E-state index in [1.54, 1.807) is 19.2 Å². The molecule has 0 saturated heterocycles. The average Bonchev–Trinajstić information content (AvgIpc) is 2.57. The lowest BCUT2D eigenvalue weighted by atomic mass is 10.1. The van der Waals surface area contributed by atoms with Crippen molar-refractivity contribution in [2.45, 2.75) is 26.9 Å². The standard InChI is InChI=1S/C19H24N4O.HI/c1-13-4-7-17(14(2)10-13)12-23-19(21-3)22-11-15-5-8-16(9-6-15)18(20)24;/h4-10H,11-12H2,1-3H3,(H2,20,24)(H2,21,22,23);1H. The minimum absolute atomic E-state index is 0. The van der Waals surface area contributed by atoms with Crippen LogP contribution in [0, 0.1) is 13.8 Å². The van der Waals surface area contributed by atoms with Gasteiger partial charge in [-0.25, -0.2) is 0 Å². The first kappa shape index (κ1) is 21.0. The molecule has 0 spiro atoms. The first-order valence-electron chi connectivity index (χ1n) is 7.89. The van der Waals surface area contributed by atoms with Gasteiger partial charge in [0.2, 0.25) is 5.91 Å². The van der Waals surface area contributed by atoms with Gasteiger partial charge in [0, 0.05) is 25.7 Å². The van der Waals surface area contributed by atoms with Gasteiger partial charge in [-0.3, -0.25) is 9.79 Å². The summed E-state index contributed by atoms with van der Waals surface area (Å²) in [6.07, 6.45) is 0. The number of nitrogens with two attached hydrogens (primary N) is 1. The number of aryl methyl sites for hydroxylation is 2. The van der Waals surface area contributed by atoms with Gasteiger partial charge in [-0.1, -0.05) is 35.9 Å². The van der Waals surface area contributed by atoms with E-state index < -0.39 is 5.91 Å². The molecule has 0 atom stereocenters. The molecule has 1 amide bonds. The number of hydrogen-bond donors (Lipinski definition) is 3. The van der Waals surface area contributed by atoms with E-state index in [9.17, 15) is 4.79 Å². The number of nitrogens with zero attached hydrogens (tertiary/aromatic N) is 1. The zero-order valence-electron chi connectivity index (χ0n) is 14.8. The van der Waals surface area contributed by atoms with Crippen LogP contribution in [0.5, 0.6) is 0 Å². The number of nitrogens with one attached hydrogen (secondary N) is 2. The van der Waals surface area contributed by atoms with Crippen LogP contribution in [0.25, 0.3) is 0 Å². The van der Waals surface area contributed by atoms with Gasteiger partial charge in [0.25, 0.3) is 0 Å². The number of carbonyl (C=O) groups is 1. The van der Waals surface area contributed by atoms with E-state index in [4.69, 9.17) is 5.73 Å². The normalized spacial score (nSPS) is 10.8. The van der Waals surface area contributed by atoms with Crippen molar-refractivity contribution < 1.29 is 4.79 Å². The Hall–Kier alpha value is -2.09. The third-order valence-corrected chi connectivity index (χ3v) is 3.87. The van der Waals surface area contributed by atoms with Gasteiger partial charge in [0.1, 0.15) is 0 Å². The van der Waals surface area contributed by atoms with E-state index in [1.165, 1.54) is 16.7 Å². The van der Waals surface area contributed by atoms with Gasteiger partial charge in [-0.2, -0.15) is 0 Å². The Morgan fingerprint density at radius 1 is 1.04 bits per heavy atom. The topological polar surface area (TPSA) is 79.5 Å². The molecule has 0 bridgehead atoms. The Balaban J connectivity index is 0.00000312. The summed E-state index contributed by atoms with van der Waals surface area (Å²) in [4.78, 5) is 15.3. The van der Waals surface area contributed by atoms with Gasteiger partial charge in [0.05, 0.1) is 0 Å². The molecule has 2 aromatic rings. The molecule has 0 aliphatic carbocycles. The lowest BCUT2D eigenvalue weighted by molar-refractivity contribution is 0.100. The molecule has 6 heteroatoms. The predicted molar refractivity (Wildman–Crippen MR) is 113 cm³/mol. The molecular formula is C19H25IN4O. The maximum atomic E-state index is 11.1. The van der Waals surface area contributed by atoms with Crippen LogP contribution in [0.3, 0.4) is 0 Å². The number of amides is 1. The molecule has 0 aromatic heterocycles. The molecule has 0 aliphatic heterocycles. The highest BCUT2D eigenvalue weighted by molar-refractivity contribution is 14.0. The summed E-state index contributed by atoms with van der Waals surface area (Å²) >= 11 is 0. The number of carbonyl (C=O) groups excluding carboxylic acids is 1. The molecule has 4 N–H and O–H groups in total. The molecule has 2 aromatic carbocycles. The molecule has 0 heterocycles. The first-order valence-corrected chi connectivity index (χ1v) is 7.89. The highest BCUT2D eigenvalue weighted by Gasteiger charge is 2.03. The number of rotatable bonds is 5. The molecule has 0 radical (unpaired) electrons. The second kappa shape index (κ2) is 10.0. The van der Waals surface area contributed by atoms with E-state index in [0.29, 0.717) is 18.7 Å². The maximum Gasteiger partial charge on any atom is 0.248 e. The van der Waals surface area contributed by atoms with Crippen LogP contribution in [0.2, 0.25) is 0 Å². The Kier molecular flexibility index (Phi) is 8.40. The van der Waals surface area contributed by atoms with Crippen molar-refractivity contribution in [3.63, 3.8) is 0 Å². The predicted octanol–water partition coefficient (Wildman–Crippen LogP) is 2.89. The molecule has 25 heavy (non-hydrogen) atoms. The highest BCUT2D eigenvalue weighted by Crippen LogP contribution is 2.10. The van der Waals surface area contributed by atoms with E-state index in [0.717, 1.165) is 11.5 Å². The summed E-state index contributed by atoms with van der Waals surface area (Å²) in [5.41, 5.74) is 10.6. The van der Waals surface area contributed by atoms with Gasteiger partial charge < -0.3 is 16.4 Å². The molecule has 0 unspecified atom stereocenters. The Bertz CT molecular complexity index is 742. The summed E-state index contributed by atoms with van der Waals surface area (Å²) in [6.45, 7) is 5.53. The monoisotopic (exact) mass is 452 g/mol. The van der Waals surface area contributed by atoms with Crippen LogP contribution in [-0.2, 0) is 13.1 Å². The minimum Gasteiger partial charge on any atom is -0.366 e. The number of benzene rings is 2. The fourth-order valence-electron chi connectivity index (χ4n) is 2.42. The van der Waals surface area contributed by atoms with Crippen molar-refractivity contribution in [1.29, 1.82) is 0 Å². The fraction of sp³-hybridized carbons (Fsp3) is 0.263. The summed E-state index contributed by atoms with van der Waals surface area (Å²) in [7, 11) is 1.74. The van der Waals surface area contributed by atoms with Crippen LogP contribution in [0.15, 0.2) is 47.5 Å².